The first kappa shape index (κ1) is 10.2. The number of anilines is 1. The van der Waals surface area contributed by atoms with Crippen molar-refractivity contribution in [3.05, 3.63) is 41.8 Å². The van der Waals surface area contributed by atoms with Gasteiger partial charge in [0.15, 0.2) is 0 Å². The van der Waals surface area contributed by atoms with Gasteiger partial charge in [0, 0.05) is 16.6 Å². The fourth-order valence-corrected chi connectivity index (χ4v) is 2.26. The summed E-state index contributed by atoms with van der Waals surface area (Å²) in [5.74, 6) is 0. The Morgan fingerprint density at radius 2 is 2.00 bits per heavy atom. The summed E-state index contributed by atoms with van der Waals surface area (Å²) in [6, 6.07) is 13.3. The van der Waals surface area contributed by atoms with Crippen molar-refractivity contribution in [2.24, 2.45) is 0 Å². The minimum Gasteiger partial charge on any atom is -0.383 e. The van der Waals surface area contributed by atoms with Crippen LogP contribution >= 0.6 is 11.3 Å². The van der Waals surface area contributed by atoms with Gasteiger partial charge < -0.3 is 5.32 Å². The van der Waals surface area contributed by atoms with Crippen LogP contribution in [0.5, 0.6) is 0 Å². The zero-order chi connectivity index (χ0) is 10.7. The Kier molecular flexibility index (Phi) is 3.07. The van der Waals surface area contributed by atoms with Crippen LogP contribution in [0.25, 0.3) is 10.4 Å². The number of nitrogens with one attached hydrogen (secondary N) is 1. The normalized spacial score (nSPS) is 10.6. The molecule has 0 fully saturated rings. The van der Waals surface area contributed by atoms with Crippen LogP contribution in [0, 0.1) is 0 Å². The second kappa shape index (κ2) is 4.49. The van der Waals surface area contributed by atoms with Gasteiger partial charge in [0.05, 0.1) is 0 Å². The molecular weight excluding hydrogens is 202 g/mol. The maximum atomic E-state index is 3.41. The number of hydrogen-bond donors (Lipinski definition) is 1. The van der Waals surface area contributed by atoms with Gasteiger partial charge in [-0.1, -0.05) is 18.2 Å². The Balaban J connectivity index is 2.27. The molecule has 0 saturated heterocycles. The maximum absolute atomic E-state index is 3.41. The number of rotatable bonds is 3. The molecule has 0 atom stereocenters. The highest BCUT2D eigenvalue weighted by atomic mass is 32.1. The first-order valence-corrected chi connectivity index (χ1v) is 6.04. The minimum atomic E-state index is 0.476. The zero-order valence-electron chi connectivity index (χ0n) is 9.03. The molecule has 0 radical (unpaired) electrons. The molecule has 1 N–H and O–H groups in total. The molecular formula is C13H15NS. The molecule has 0 aliphatic carbocycles. The van der Waals surface area contributed by atoms with Crippen molar-refractivity contribution in [1.29, 1.82) is 0 Å². The fourth-order valence-electron chi connectivity index (χ4n) is 1.54. The molecule has 2 rings (SSSR count). The Bertz CT molecular complexity index is 418. The lowest BCUT2D eigenvalue weighted by atomic mass is 10.1. The summed E-state index contributed by atoms with van der Waals surface area (Å²) in [5.41, 5.74) is 2.48. The van der Waals surface area contributed by atoms with E-state index in [1.165, 1.54) is 16.1 Å². The van der Waals surface area contributed by atoms with Gasteiger partial charge in [-0.2, -0.15) is 0 Å². The van der Waals surface area contributed by atoms with E-state index in [4.69, 9.17) is 0 Å². The highest BCUT2D eigenvalue weighted by Gasteiger charge is 2.00. The molecule has 15 heavy (non-hydrogen) atoms. The molecule has 0 saturated carbocycles. The Labute approximate surface area is 94.8 Å². The van der Waals surface area contributed by atoms with Crippen LogP contribution in [-0.4, -0.2) is 6.04 Å². The SMILES string of the molecule is CC(C)Nc1cccc(-c2cccs2)c1. The molecule has 1 aromatic heterocycles. The van der Waals surface area contributed by atoms with Crippen molar-refractivity contribution in [2.75, 3.05) is 5.32 Å². The van der Waals surface area contributed by atoms with E-state index in [9.17, 15) is 0 Å². The Hall–Kier alpha value is -1.28. The first-order chi connectivity index (χ1) is 7.25. The van der Waals surface area contributed by atoms with Gasteiger partial charge in [0.1, 0.15) is 0 Å². The Morgan fingerprint density at radius 1 is 1.13 bits per heavy atom. The van der Waals surface area contributed by atoms with E-state index >= 15 is 0 Å². The van der Waals surface area contributed by atoms with Gasteiger partial charge in [0.25, 0.3) is 0 Å². The van der Waals surface area contributed by atoms with Crippen LogP contribution in [0.4, 0.5) is 5.69 Å². The van der Waals surface area contributed by atoms with Crippen molar-refractivity contribution in [3.63, 3.8) is 0 Å². The zero-order valence-corrected chi connectivity index (χ0v) is 9.84. The summed E-state index contributed by atoms with van der Waals surface area (Å²) < 4.78 is 0. The molecule has 0 aliphatic heterocycles. The molecule has 2 heteroatoms. The summed E-state index contributed by atoms with van der Waals surface area (Å²) in [5, 5.41) is 5.52. The van der Waals surface area contributed by atoms with E-state index < -0.39 is 0 Å². The average molecular weight is 217 g/mol. The van der Waals surface area contributed by atoms with E-state index in [0.717, 1.165) is 0 Å². The van der Waals surface area contributed by atoms with Crippen molar-refractivity contribution >= 4 is 17.0 Å². The monoisotopic (exact) mass is 217 g/mol. The maximum Gasteiger partial charge on any atom is 0.0348 e. The van der Waals surface area contributed by atoms with Crippen molar-refractivity contribution in [3.8, 4) is 10.4 Å². The first-order valence-electron chi connectivity index (χ1n) is 5.16. The molecule has 0 bridgehead atoms. The largest absolute Gasteiger partial charge is 0.383 e. The average Bonchev–Trinajstić information content (AvgIpc) is 2.69. The van der Waals surface area contributed by atoms with Gasteiger partial charge in [0.2, 0.25) is 0 Å². The number of hydrogen-bond acceptors (Lipinski definition) is 2. The molecule has 1 aromatic carbocycles. The lowest BCUT2D eigenvalue weighted by molar-refractivity contribution is 0.900. The second-order valence-corrected chi connectivity index (χ2v) is 4.80. The third kappa shape index (κ3) is 2.60. The molecule has 1 heterocycles. The van der Waals surface area contributed by atoms with Gasteiger partial charge in [-0.25, -0.2) is 0 Å². The highest BCUT2D eigenvalue weighted by molar-refractivity contribution is 7.13. The van der Waals surface area contributed by atoms with E-state index in [2.05, 4.69) is 60.9 Å². The van der Waals surface area contributed by atoms with Gasteiger partial charge in [-0.15, -0.1) is 11.3 Å². The lowest BCUT2D eigenvalue weighted by Gasteiger charge is -2.10. The molecule has 0 aliphatic rings. The summed E-state index contributed by atoms with van der Waals surface area (Å²) >= 11 is 1.78. The van der Waals surface area contributed by atoms with Crippen LogP contribution in [0.2, 0.25) is 0 Å². The molecule has 0 spiro atoms. The summed E-state index contributed by atoms with van der Waals surface area (Å²) in [6.07, 6.45) is 0. The number of benzene rings is 1. The third-order valence-electron chi connectivity index (χ3n) is 2.12. The van der Waals surface area contributed by atoms with E-state index in [1.54, 1.807) is 11.3 Å². The van der Waals surface area contributed by atoms with Gasteiger partial charge >= 0.3 is 0 Å². The summed E-state index contributed by atoms with van der Waals surface area (Å²) in [4.78, 5) is 1.32. The van der Waals surface area contributed by atoms with Crippen molar-refractivity contribution in [2.45, 2.75) is 19.9 Å². The second-order valence-electron chi connectivity index (χ2n) is 3.86. The van der Waals surface area contributed by atoms with Crippen LogP contribution in [0.3, 0.4) is 0 Å². The standard InChI is InChI=1S/C13H15NS/c1-10(2)14-12-6-3-5-11(9-12)13-7-4-8-15-13/h3-10,14H,1-2H3. The van der Waals surface area contributed by atoms with Gasteiger partial charge in [-0.3, -0.25) is 0 Å². The third-order valence-corrected chi connectivity index (χ3v) is 3.04. The molecule has 1 nitrogen and oxygen atoms in total. The van der Waals surface area contributed by atoms with Crippen LogP contribution < -0.4 is 5.32 Å². The minimum absolute atomic E-state index is 0.476. The highest BCUT2D eigenvalue weighted by Crippen LogP contribution is 2.26. The van der Waals surface area contributed by atoms with Crippen molar-refractivity contribution < 1.29 is 0 Å². The topological polar surface area (TPSA) is 12.0 Å². The molecule has 78 valence electrons. The van der Waals surface area contributed by atoms with E-state index in [0.29, 0.717) is 6.04 Å². The molecule has 2 aromatic rings. The van der Waals surface area contributed by atoms with E-state index in [-0.39, 0.29) is 0 Å². The smallest absolute Gasteiger partial charge is 0.0348 e. The summed E-state index contributed by atoms with van der Waals surface area (Å²) in [7, 11) is 0. The Morgan fingerprint density at radius 3 is 2.67 bits per heavy atom. The molecule has 0 amide bonds. The van der Waals surface area contributed by atoms with E-state index in [1.807, 2.05) is 0 Å². The molecule has 0 unspecified atom stereocenters. The summed E-state index contributed by atoms with van der Waals surface area (Å²) in [6.45, 7) is 4.30. The van der Waals surface area contributed by atoms with Crippen LogP contribution in [0.1, 0.15) is 13.8 Å². The van der Waals surface area contributed by atoms with Gasteiger partial charge in [-0.05, 0) is 43.0 Å². The van der Waals surface area contributed by atoms with Crippen molar-refractivity contribution in [1.82, 2.24) is 0 Å². The predicted octanol–water partition coefficient (Wildman–Crippen LogP) is 4.24. The quantitative estimate of drug-likeness (QED) is 0.811. The van der Waals surface area contributed by atoms with Crippen LogP contribution in [-0.2, 0) is 0 Å². The number of thiophene rings is 1. The predicted molar refractivity (Wildman–Crippen MR) is 68.5 cm³/mol. The lowest BCUT2D eigenvalue weighted by Crippen LogP contribution is -2.09. The fraction of sp³-hybridized carbons (Fsp3) is 0.231. The van der Waals surface area contributed by atoms with Crippen LogP contribution in [0.15, 0.2) is 41.8 Å².